The van der Waals surface area contributed by atoms with Crippen LogP contribution in [0.5, 0.6) is 0 Å². The summed E-state index contributed by atoms with van der Waals surface area (Å²) in [7, 11) is 1.77. The molecule has 0 spiro atoms. The van der Waals surface area contributed by atoms with Gasteiger partial charge < -0.3 is 5.32 Å². The van der Waals surface area contributed by atoms with Gasteiger partial charge in [0.15, 0.2) is 0 Å². The number of unbranched alkanes of at least 4 members (excludes halogenated alkanes) is 17. The minimum atomic E-state index is 0.227. The summed E-state index contributed by atoms with van der Waals surface area (Å²) >= 11 is 0. The van der Waals surface area contributed by atoms with Crippen LogP contribution in [0.2, 0.25) is 0 Å². The van der Waals surface area contributed by atoms with Crippen molar-refractivity contribution in [1.82, 2.24) is 5.32 Å². The van der Waals surface area contributed by atoms with E-state index < -0.39 is 0 Å². The van der Waals surface area contributed by atoms with Crippen LogP contribution in [-0.4, -0.2) is 13.0 Å². The molecule has 0 heterocycles. The van der Waals surface area contributed by atoms with E-state index in [1.165, 1.54) is 141 Å². The van der Waals surface area contributed by atoms with Gasteiger partial charge in [0, 0.05) is 13.5 Å². The molecule has 0 aliphatic rings. The number of amides is 1. The van der Waals surface area contributed by atoms with E-state index in [0.29, 0.717) is 5.92 Å². The lowest BCUT2D eigenvalue weighted by Crippen LogP contribution is -2.21. The predicted octanol–water partition coefficient (Wildman–Crippen LogP) is 9.92. The molecule has 0 rings (SSSR count). The van der Waals surface area contributed by atoms with Crippen molar-refractivity contribution in [2.45, 2.75) is 162 Å². The molecule has 2 heteroatoms. The molecule has 0 aromatic rings. The van der Waals surface area contributed by atoms with Crippen molar-refractivity contribution in [3.63, 3.8) is 0 Å². The topological polar surface area (TPSA) is 29.1 Å². The third-order valence-electron chi connectivity index (χ3n) is 6.84. The highest BCUT2D eigenvalue weighted by molar-refractivity contribution is 5.75. The lowest BCUT2D eigenvalue weighted by Gasteiger charge is -2.16. The summed E-state index contributed by atoms with van der Waals surface area (Å²) in [6, 6.07) is 0. The number of rotatable bonds is 25. The Labute approximate surface area is 202 Å². The van der Waals surface area contributed by atoms with Crippen LogP contribution in [0.25, 0.3) is 0 Å². The highest BCUT2D eigenvalue weighted by Gasteiger charge is 2.12. The highest BCUT2D eigenvalue weighted by Crippen LogP contribution is 2.22. The van der Waals surface area contributed by atoms with E-state index >= 15 is 0 Å². The van der Waals surface area contributed by atoms with Gasteiger partial charge in [-0.1, -0.05) is 129 Å². The van der Waals surface area contributed by atoms with Gasteiger partial charge in [0.1, 0.15) is 0 Å². The largest absolute Gasteiger partial charge is 0.359 e. The fourth-order valence-electron chi connectivity index (χ4n) is 4.61. The summed E-state index contributed by atoms with van der Waals surface area (Å²) in [5.74, 6) is 0.821. The second kappa shape index (κ2) is 26.5. The Hall–Kier alpha value is -0.790. The molecule has 0 aromatic heterocycles. The molecule has 0 aromatic carbocycles. The standard InChI is InChI=1S/C30H59NO/c1-4-6-8-10-12-13-14-15-16-17-18-19-21-23-25-27-29(28-30(32)31-3)26-24-22-20-11-9-7-5-2/h15-16,29H,4-14,17-28H2,1-3H3,(H,31,32)/b16-15-. The van der Waals surface area contributed by atoms with E-state index in [0.717, 1.165) is 6.42 Å². The number of nitrogens with one attached hydrogen (secondary N) is 1. The molecular weight excluding hydrogens is 390 g/mol. The smallest absolute Gasteiger partial charge is 0.220 e. The first kappa shape index (κ1) is 31.2. The van der Waals surface area contributed by atoms with Gasteiger partial charge in [-0.05, 0) is 44.4 Å². The lowest BCUT2D eigenvalue weighted by atomic mass is 9.91. The van der Waals surface area contributed by atoms with Gasteiger partial charge in [-0.2, -0.15) is 0 Å². The van der Waals surface area contributed by atoms with Crippen molar-refractivity contribution in [1.29, 1.82) is 0 Å². The third-order valence-corrected chi connectivity index (χ3v) is 6.84. The Balaban J connectivity index is 3.65. The molecule has 190 valence electrons. The van der Waals surface area contributed by atoms with Crippen LogP contribution in [0.3, 0.4) is 0 Å². The van der Waals surface area contributed by atoms with Crippen LogP contribution in [0.15, 0.2) is 12.2 Å². The summed E-state index contributed by atoms with van der Waals surface area (Å²) in [5, 5.41) is 2.83. The average Bonchev–Trinajstić information content (AvgIpc) is 2.80. The highest BCUT2D eigenvalue weighted by atomic mass is 16.1. The van der Waals surface area contributed by atoms with Gasteiger partial charge in [-0.15, -0.1) is 0 Å². The summed E-state index contributed by atoms with van der Waals surface area (Å²) < 4.78 is 0. The van der Waals surface area contributed by atoms with E-state index in [4.69, 9.17) is 0 Å². The molecule has 32 heavy (non-hydrogen) atoms. The fourth-order valence-corrected chi connectivity index (χ4v) is 4.61. The first-order valence-corrected chi connectivity index (χ1v) is 14.6. The van der Waals surface area contributed by atoms with Crippen molar-refractivity contribution < 1.29 is 4.79 Å². The van der Waals surface area contributed by atoms with Crippen molar-refractivity contribution in [2.75, 3.05) is 7.05 Å². The first-order chi connectivity index (χ1) is 15.7. The summed E-state index contributed by atoms with van der Waals surface area (Å²) in [5.41, 5.74) is 0. The van der Waals surface area contributed by atoms with Crippen LogP contribution < -0.4 is 5.32 Å². The Morgan fingerprint density at radius 3 is 1.38 bits per heavy atom. The zero-order valence-corrected chi connectivity index (χ0v) is 22.4. The van der Waals surface area contributed by atoms with E-state index in [1.807, 2.05) is 0 Å². The summed E-state index contributed by atoms with van der Waals surface area (Å²) in [6.07, 6.45) is 35.1. The molecule has 2 nitrogen and oxygen atoms in total. The van der Waals surface area contributed by atoms with E-state index in [1.54, 1.807) is 7.05 Å². The second-order valence-electron chi connectivity index (χ2n) is 10.0. The van der Waals surface area contributed by atoms with Crippen molar-refractivity contribution in [2.24, 2.45) is 5.92 Å². The van der Waals surface area contributed by atoms with Crippen molar-refractivity contribution >= 4 is 5.91 Å². The molecular formula is C30H59NO. The van der Waals surface area contributed by atoms with Gasteiger partial charge in [0.2, 0.25) is 5.91 Å². The molecule has 0 fully saturated rings. The molecule has 0 aliphatic carbocycles. The number of allylic oxidation sites excluding steroid dienone is 2. The van der Waals surface area contributed by atoms with Crippen LogP contribution in [-0.2, 0) is 4.79 Å². The molecule has 1 unspecified atom stereocenters. The van der Waals surface area contributed by atoms with Crippen LogP contribution in [0, 0.1) is 5.92 Å². The van der Waals surface area contributed by atoms with Gasteiger partial charge >= 0.3 is 0 Å². The maximum atomic E-state index is 11.9. The van der Waals surface area contributed by atoms with Crippen LogP contribution >= 0.6 is 0 Å². The second-order valence-corrected chi connectivity index (χ2v) is 10.0. The molecule has 0 bridgehead atoms. The monoisotopic (exact) mass is 449 g/mol. The van der Waals surface area contributed by atoms with Crippen molar-refractivity contribution in [3.8, 4) is 0 Å². The predicted molar refractivity (Wildman–Crippen MR) is 144 cm³/mol. The number of carbonyl (C=O) groups is 1. The Morgan fingerprint density at radius 2 is 0.969 bits per heavy atom. The molecule has 1 atom stereocenters. The van der Waals surface area contributed by atoms with Gasteiger partial charge in [0.25, 0.3) is 0 Å². The van der Waals surface area contributed by atoms with Crippen LogP contribution in [0.1, 0.15) is 162 Å². The average molecular weight is 450 g/mol. The molecule has 0 saturated carbocycles. The number of hydrogen-bond donors (Lipinski definition) is 1. The maximum absolute atomic E-state index is 11.9. The van der Waals surface area contributed by atoms with E-state index in [-0.39, 0.29) is 5.91 Å². The summed E-state index contributed by atoms with van der Waals surface area (Å²) in [4.78, 5) is 11.9. The van der Waals surface area contributed by atoms with Gasteiger partial charge in [-0.3, -0.25) is 4.79 Å². The zero-order chi connectivity index (χ0) is 23.5. The lowest BCUT2D eigenvalue weighted by molar-refractivity contribution is -0.121. The minimum absolute atomic E-state index is 0.227. The number of hydrogen-bond acceptors (Lipinski definition) is 1. The quantitative estimate of drug-likeness (QED) is 0.109. The fraction of sp³-hybridized carbons (Fsp3) is 0.900. The Morgan fingerprint density at radius 1 is 0.594 bits per heavy atom. The van der Waals surface area contributed by atoms with E-state index in [9.17, 15) is 4.79 Å². The molecule has 0 radical (unpaired) electrons. The molecule has 0 aliphatic heterocycles. The minimum Gasteiger partial charge on any atom is -0.359 e. The maximum Gasteiger partial charge on any atom is 0.220 e. The molecule has 1 N–H and O–H groups in total. The first-order valence-electron chi connectivity index (χ1n) is 14.6. The molecule has 0 saturated heterocycles. The van der Waals surface area contributed by atoms with Crippen LogP contribution in [0.4, 0.5) is 0 Å². The Bertz CT molecular complexity index is 404. The molecule has 1 amide bonds. The van der Waals surface area contributed by atoms with E-state index in [2.05, 4.69) is 31.3 Å². The normalized spacial score (nSPS) is 12.5. The van der Waals surface area contributed by atoms with Gasteiger partial charge in [-0.25, -0.2) is 0 Å². The summed E-state index contributed by atoms with van der Waals surface area (Å²) in [6.45, 7) is 4.56. The van der Waals surface area contributed by atoms with Crippen molar-refractivity contribution in [3.05, 3.63) is 12.2 Å². The zero-order valence-electron chi connectivity index (χ0n) is 22.4. The Kier molecular flexibility index (Phi) is 25.8. The van der Waals surface area contributed by atoms with Gasteiger partial charge in [0.05, 0.1) is 0 Å². The number of carbonyl (C=O) groups excluding carboxylic acids is 1. The SMILES string of the molecule is CCCCCCCC/C=C\CCCCCCCC(CCCCCCCCC)CC(=O)NC. The third kappa shape index (κ3) is 23.9.